The molecule has 150 valence electrons. The number of nitrogens with one attached hydrogen (secondary N) is 1. The van der Waals surface area contributed by atoms with Gasteiger partial charge >= 0.3 is 5.97 Å². The van der Waals surface area contributed by atoms with Gasteiger partial charge in [-0.15, -0.1) is 0 Å². The summed E-state index contributed by atoms with van der Waals surface area (Å²) in [4.78, 5) is 24.0. The molecule has 1 amide bonds. The van der Waals surface area contributed by atoms with Crippen molar-refractivity contribution in [1.82, 2.24) is 0 Å². The van der Waals surface area contributed by atoms with Crippen LogP contribution in [-0.4, -0.2) is 33.0 Å². The summed E-state index contributed by atoms with van der Waals surface area (Å²) < 4.78 is 33.0. The Kier molecular flexibility index (Phi) is 6.76. The number of benzene rings is 2. The summed E-state index contributed by atoms with van der Waals surface area (Å²) in [5, 5.41) is 7.54. The predicted molar refractivity (Wildman–Crippen MR) is 103 cm³/mol. The molecular formula is C19H22N2O6S. The second kappa shape index (κ2) is 8.85. The van der Waals surface area contributed by atoms with E-state index in [9.17, 15) is 18.0 Å². The van der Waals surface area contributed by atoms with E-state index in [-0.39, 0.29) is 11.5 Å². The van der Waals surface area contributed by atoms with Crippen LogP contribution in [-0.2, 0) is 24.3 Å². The van der Waals surface area contributed by atoms with E-state index in [4.69, 9.17) is 14.6 Å². The first-order valence-electron chi connectivity index (χ1n) is 8.40. The Bertz CT molecular complexity index is 950. The molecule has 0 aliphatic carbocycles. The number of carbonyl (C=O) groups is 2. The third-order valence-electron chi connectivity index (χ3n) is 3.87. The quantitative estimate of drug-likeness (QED) is 0.677. The van der Waals surface area contributed by atoms with Crippen molar-refractivity contribution in [3.8, 4) is 5.75 Å². The van der Waals surface area contributed by atoms with Gasteiger partial charge in [-0.1, -0.05) is 18.2 Å². The van der Waals surface area contributed by atoms with E-state index >= 15 is 0 Å². The zero-order chi connectivity index (χ0) is 20.9. The van der Waals surface area contributed by atoms with Gasteiger partial charge in [0, 0.05) is 5.69 Å². The van der Waals surface area contributed by atoms with Crippen molar-refractivity contribution in [2.45, 2.75) is 31.8 Å². The van der Waals surface area contributed by atoms with Crippen LogP contribution in [0.5, 0.6) is 5.75 Å². The number of para-hydroxylation sites is 1. The first-order chi connectivity index (χ1) is 13.1. The summed E-state index contributed by atoms with van der Waals surface area (Å²) in [5.41, 5.74) is 2.12. The Labute approximate surface area is 163 Å². The lowest BCUT2D eigenvalue weighted by Crippen LogP contribution is -2.31. The van der Waals surface area contributed by atoms with E-state index in [2.05, 4.69) is 5.32 Å². The number of nitrogens with two attached hydrogens (primary N) is 1. The second-order valence-electron chi connectivity index (χ2n) is 6.20. The number of rotatable bonds is 7. The molecule has 0 fully saturated rings. The van der Waals surface area contributed by atoms with Crippen LogP contribution in [0.3, 0.4) is 0 Å². The minimum absolute atomic E-state index is 0.0753. The van der Waals surface area contributed by atoms with Crippen molar-refractivity contribution < 1.29 is 27.5 Å². The highest BCUT2D eigenvalue weighted by Crippen LogP contribution is 2.22. The number of primary sulfonamides is 1. The summed E-state index contributed by atoms with van der Waals surface area (Å²) in [7, 11) is -3.81. The molecule has 0 heterocycles. The summed E-state index contributed by atoms with van der Waals surface area (Å²) in [6, 6.07) is 10.9. The van der Waals surface area contributed by atoms with Crippen molar-refractivity contribution in [2.75, 3.05) is 11.9 Å². The van der Waals surface area contributed by atoms with Crippen LogP contribution in [0.2, 0.25) is 0 Å². The van der Waals surface area contributed by atoms with E-state index in [1.807, 2.05) is 32.0 Å². The lowest BCUT2D eigenvalue weighted by atomic mass is 10.1. The van der Waals surface area contributed by atoms with Gasteiger partial charge in [0.05, 0.1) is 4.90 Å². The van der Waals surface area contributed by atoms with Gasteiger partial charge in [0.15, 0.2) is 12.7 Å². The fourth-order valence-electron chi connectivity index (χ4n) is 2.41. The number of carbonyl (C=O) groups excluding carboxylic acids is 2. The minimum Gasteiger partial charge on any atom is -0.481 e. The molecule has 1 atom stereocenters. The average molecular weight is 406 g/mol. The normalized spacial score (nSPS) is 12.1. The molecule has 0 unspecified atom stereocenters. The molecular weight excluding hydrogens is 384 g/mol. The van der Waals surface area contributed by atoms with Crippen LogP contribution in [0.25, 0.3) is 0 Å². The van der Waals surface area contributed by atoms with E-state index in [0.29, 0.717) is 11.4 Å². The van der Waals surface area contributed by atoms with E-state index in [1.54, 1.807) is 0 Å². The summed E-state index contributed by atoms with van der Waals surface area (Å²) in [6.45, 7) is 4.83. The Morgan fingerprint density at radius 1 is 1.07 bits per heavy atom. The standard InChI is InChI=1S/C19H22N2O6S/c1-12-5-4-6-13(2)18(12)26-11-17(22)27-14(3)19(23)21-15-7-9-16(10-8-15)28(20,24)25/h4-10,14H,11H2,1-3H3,(H,21,23)(H2,20,24,25)/t14-/m1/s1. The van der Waals surface area contributed by atoms with E-state index in [0.717, 1.165) is 11.1 Å². The molecule has 0 saturated heterocycles. The molecule has 0 aromatic heterocycles. The molecule has 8 nitrogen and oxygen atoms in total. The molecule has 0 spiro atoms. The van der Waals surface area contributed by atoms with Crippen LogP contribution in [0.4, 0.5) is 5.69 Å². The average Bonchev–Trinajstić information content (AvgIpc) is 2.61. The molecule has 9 heteroatoms. The molecule has 2 aromatic carbocycles. The van der Waals surface area contributed by atoms with Gasteiger partial charge in [0.2, 0.25) is 10.0 Å². The van der Waals surface area contributed by atoms with Gasteiger partial charge < -0.3 is 14.8 Å². The summed E-state index contributed by atoms with van der Waals surface area (Å²) in [6.07, 6.45) is -1.06. The molecule has 0 aliphatic heterocycles. The molecule has 0 aliphatic rings. The fraction of sp³-hybridized carbons (Fsp3) is 0.263. The smallest absolute Gasteiger partial charge is 0.344 e. The van der Waals surface area contributed by atoms with Crippen LogP contribution in [0.15, 0.2) is 47.4 Å². The molecule has 0 bridgehead atoms. The van der Waals surface area contributed by atoms with Crippen molar-refractivity contribution >= 4 is 27.6 Å². The fourth-order valence-corrected chi connectivity index (χ4v) is 2.93. The number of aryl methyl sites for hydroxylation is 2. The Morgan fingerprint density at radius 2 is 1.64 bits per heavy atom. The first-order valence-corrected chi connectivity index (χ1v) is 9.95. The number of sulfonamides is 1. The first kappa shape index (κ1) is 21.4. The lowest BCUT2D eigenvalue weighted by Gasteiger charge is -2.15. The van der Waals surface area contributed by atoms with Crippen LogP contribution < -0.4 is 15.2 Å². The maximum atomic E-state index is 12.1. The van der Waals surface area contributed by atoms with Gasteiger partial charge in [-0.05, 0) is 56.2 Å². The van der Waals surface area contributed by atoms with Crippen LogP contribution >= 0.6 is 0 Å². The van der Waals surface area contributed by atoms with Gasteiger partial charge in [-0.2, -0.15) is 0 Å². The molecule has 0 radical (unpaired) electrons. The monoisotopic (exact) mass is 406 g/mol. The zero-order valence-corrected chi connectivity index (χ0v) is 16.6. The highest BCUT2D eigenvalue weighted by Gasteiger charge is 2.19. The number of anilines is 1. The highest BCUT2D eigenvalue weighted by atomic mass is 32.2. The topological polar surface area (TPSA) is 125 Å². The van der Waals surface area contributed by atoms with Gasteiger partial charge in [0.1, 0.15) is 5.75 Å². The van der Waals surface area contributed by atoms with Crippen molar-refractivity contribution in [1.29, 1.82) is 0 Å². The predicted octanol–water partition coefficient (Wildman–Crippen LogP) is 1.90. The number of hydrogen-bond acceptors (Lipinski definition) is 6. The van der Waals surface area contributed by atoms with Crippen molar-refractivity contribution in [2.24, 2.45) is 5.14 Å². The van der Waals surface area contributed by atoms with Gasteiger partial charge in [-0.3, -0.25) is 4.79 Å². The number of amides is 1. The molecule has 28 heavy (non-hydrogen) atoms. The molecule has 0 saturated carbocycles. The van der Waals surface area contributed by atoms with E-state index < -0.39 is 28.0 Å². The maximum Gasteiger partial charge on any atom is 0.344 e. The van der Waals surface area contributed by atoms with Crippen molar-refractivity contribution in [3.63, 3.8) is 0 Å². The molecule has 2 aromatic rings. The van der Waals surface area contributed by atoms with E-state index in [1.165, 1.54) is 31.2 Å². The van der Waals surface area contributed by atoms with Crippen molar-refractivity contribution in [3.05, 3.63) is 53.6 Å². The summed E-state index contributed by atoms with van der Waals surface area (Å²) >= 11 is 0. The van der Waals surface area contributed by atoms with Gasteiger partial charge in [0.25, 0.3) is 5.91 Å². The number of esters is 1. The number of hydrogen-bond donors (Lipinski definition) is 2. The number of ether oxygens (including phenoxy) is 2. The Morgan fingerprint density at radius 3 is 2.18 bits per heavy atom. The molecule has 2 rings (SSSR count). The second-order valence-corrected chi connectivity index (χ2v) is 7.76. The highest BCUT2D eigenvalue weighted by molar-refractivity contribution is 7.89. The molecule has 3 N–H and O–H groups in total. The van der Waals surface area contributed by atoms with Crippen LogP contribution in [0, 0.1) is 13.8 Å². The maximum absolute atomic E-state index is 12.1. The SMILES string of the molecule is Cc1cccc(C)c1OCC(=O)O[C@H](C)C(=O)Nc1ccc(S(N)(=O)=O)cc1. The van der Waals surface area contributed by atoms with Crippen LogP contribution in [0.1, 0.15) is 18.1 Å². The largest absolute Gasteiger partial charge is 0.481 e. The third-order valence-corrected chi connectivity index (χ3v) is 4.80. The minimum atomic E-state index is -3.81. The summed E-state index contributed by atoms with van der Waals surface area (Å²) in [5.74, 6) is -0.648. The lowest BCUT2D eigenvalue weighted by molar-refractivity contribution is -0.155. The Balaban J connectivity index is 1.88. The van der Waals surface area contributed by atoms with Gasteiger partial charge in [-0.25, -0.2) is 18.4 Å². The zero-order valence-electron chi connectivity index (χ0n) is 15.8. The third kappa shape index (κ3) is 5.80. The Hall–Kier alpha value is -2.91.